The molecule has 12 nitrogen and oxygen atoms in total. The smallest absolute Gasteiger partial charge is 0.408 e. The van der Waals surface area contributed by atoms with E-state index in [1.54, 1.807) is 36.9 Å². The number of aromatic nitrogens is 1. The van der Waals surface area contributed by atoms with E-state index in [1.807, 2.05) is 0 Å². The van der Waals surface area contributed by atoms with E-state index >= 15 is 0 Å². The van der Waals surface area contributed by atoms with Crippen LogP contribution in [-0.4, -0.2) is 94.3 Å². The first-order chi connectivity index (χ1) is 15.2. The molecule has 2 saturated heterocycles. The average Bonchev–Trinajstić information content (AvgIpc) is 2.72. The van der Waals surface area contributed by atoms with Crippen molar-refractivity contribution in [2.45, 2.75) is 44.6 Å². The minimum atomic E-state index is -1.17. The van der Waals surface area contributed by atoms with Crippen molar-refractivity contribution in [3.8, 4) is 0 Å². The van der Waals surface area contributed by atoms with E-state index in [9.17, 15) is 24.3 Å². The highest BCUT2D eigenvalue weighted by atomic mass is 16.6. The number of aliphatic hydroxyl groups is 1. The molecule has 32 heavy (non-hydrogen) atoms. The van der Waals surface area contributed by atoms with Crippen molar-refractivity contribution >= 4 is 29.6 Å². The van der Waals surface area contributed by atoms with Crippen LogP contribution in [0.1, 0.15) is 20.3 Å². The Hall–Kier alpha value is -3.25. The minimum absolute atomic E-state index is 0.0833. The summed E-state index contributed by atoms with van der Waals surface area (Å²) in [7, 11) is 0. The van der Waals surface area contributed by atoms with Crippen LogP contribution in [0, 0.1) is 0 Å². The Morgan fingerprint density at radius 3 is 2.62 bits per heavy atom. The summed E-state index contributed by atoms with van der Waals surface area (Å²) in [6.07, 6.45) is -0.652. The normalized spacial score (nSPS) is 23.8. The Balaban J connectivity index is 1.95. The van der Waals surface area contributed by atoms with Crippen LogP contribution in [0.15, 0.2) is 24.4 Å². The molecule has 0 saturated carbocycles. The number of amides is 4. The van der Waals surface area contributed by atoms with Crippen molar-refractivity contribution < 1.29 is 29.0 Å². The number of primary amides is 1. The van der Waals surface area contributed by atoms with Crippen LogP contribution in [0.2, 0.25) is 0 Å². The quantitative estimate of drug-likeness (QED) is 0.461. The molecule has 2 fully saturated rings. The Morgan fingerprint density at radius 1 is 1.28 bits per heavy atom. The van der Waals surface area contributed by atoms with Crippen molar-refractivity contribution in [3.63, 3.8) is 0 Å². The van der Waals surface area contributed by atoms with Gasteiger partial charge in [-0.15, -0.1) is 0 Å². The van der Waals surface area contributed by atoms with E-state index < -0.39 is 42.1 Å². The van der Waals surface area contributed by atoms with Crippen LogP contribution >= 0.6 is 0 Å². The van der Waals surface area contributed by atoms with Crippen LogP contribution in [0.4, 0.5) is 10.6 Å². The monoisotopic (exact) mass is 448 g/mol. The van der Waals surface area contributed by atoms with Gasteiger partial charge in [-0.25, -0.2) is 9.78 Å². The molecule has 1 aromatic rings. The zero-order valence-electron chi connectivity index (χ0n) is 18.0. The highest BCUT2D eigenvalue weighted by molar-refractivity contribution is 6.03. The van der Waals surface area contributed by atoms with Gasteiger partial charge in [0.1, 0.15) is 24.1 Å². The molecule has 4 N–H and O–H groups in total. The van der Waals surface area contributed by atoms with Crippen LogP contribution in [-0.2, 0) is 19.1 Å². The number of nitrogens with two attached hydrogens (primary N) is 1. The van der Waals surface area contributed by atoms with E-state index in [-0.39, 0.29) is 38.8 Å². The van der Waals surface area contributed by atoms with Crippen molar-refractivity contribution in [2.75, 3.05) is 31.1 Å². The molecular weight excluding hydrogens is 420 g/mol. The number of β-amino-alcohol motifs (C(OH)–C–C–N with tert-alkyl or cyclic N) is 1. The van der Waals surface area contributed by atoms with Gasteiger partial charge in [0.05, 0.1) is 25.7 Å². The summed E-state index contributed by atoms with van der Waals surface area (Å²) in [5.41, 5.74) is 5.39. The lowest BCUT2D eigenvalue weighted by atomic mass is 9.99. The summed E-state index contributed by atoms with van der Waals surface area (Å²) in [6.45, 7) is 3.50. The summed E-state index contributed by atoms with van der Waals surface area (Å²) in [4.78, 5) is 59.2. The average molecular weight is 448 g/mol. The second-order valence-electron chi connectivity index (χ2n) is 7.92. The largest absolute Gasteiger partial charge is 0.447 e. The molecule has 0 radical (unpaired) electrons. The van der Waals surface area contributed by atoms with E-state index in [2.05, 4.69) is 10.3 Å². The number of ether oxygens (including phenoxy) is 1. The lowest BCUT2D eigenvalue weighted by molar-refractivity contribution is -0.161. The van der Waals surface area contributed by atoms with E-state index in [0.29, 0.717) is 5.82 Å². The maximum atomic E-state index is 13.3. The molecule has 0 spiro atoms. The van der Waals surface area contributed by atoms with Gasteiger partial charge in [-0.05, 0) is 26.0 Å². The number of carbonyl (C=O) groups is 4. The second kappa shape index (κ2) is 9.92. The van der Waals surface area contributed by atoms with Crippen LogP contribution in [0.5, 0.6) is 0 Å². The predicted molar refractivity (Wildman–Crippen MR) is 112 cm³/mol. The molecule has 3 atom stereocenters. The minimum Gasteiger partial charge on any atom is -0.447 e. The lowest BCUT2D eigenvalue weighted by Gasteiger charge is -2.53. The number of anilines is 1. The van der Waals surface area contributed by atoms with Gasteiger partial charge in [-0.2, -0.15) is 0 Å². The topological polar surface area (TPSA) is 158 Å². The number of hydrogen-bond donors (Lipinski definition) is 3. The number of nitrogens with one attached hydrogen (secondary N) is 1. The van der Waals surface area contributed by atoms with Crippen molar-refractivity contribution in [2.24, 2.45) is 5.73 Å². The van der Waals surface area contributed by atoms with Gasteiger partial charge in [0.25, 0.3) is 5.91 Å². The molecule has 1 aromatic heterocycles. The summed E-state index contributed by atoms with van der Waals surface area (Å²) < 4.78 is 5.07. The molecule has 0 aliphatic carbocycles. The summed E-state index contributed by atoms with van der Waals surface area (Å²) in [6, 6.07) is 2.89. The Morgan fingerprint density at radius 2 is 2.03 bits per heavy atom. The van der Waals surface area contributed by atoms with Crippen LogP contribution in [0.3, 0.4) is 0 Å². The number of pyridine rings is 1. The fourth-order valence-electron chi connectivity index (χ4n) is 4.02. The van der Waals surface area contributed by atoms with E-state index in [0.717, 1.165) is 0 Å². The molecule has 3 heterocycles. The summed E-state index contributed by atoms with van der Waals surface area (Å²) in [5.74, 6) is -1.39. The number of alkyl carbamates (subject to hydrolysis) is 1. The zero-order valence-corrected chi connectivity index (χ0v) is 18.0. The third-order valence-electron chi connectivity index (χ3n) is 5.29. The zero-order chi connectivity index (χ0) is 23.4. The SMILES string of the molecule is CC(C)OC(=O)N[C@H]1CN(CCO)C2CN(c3ccccn3)C(=O)[C@H](CC(N)=O)N2C1=O. The molecular formula is C20H28N6O6. The summed E-state index contributed by atoms with van der Waals surface area (Å²) in [5, 5.41) is 12.1. The second-order valence-corrected chi connectivity index (χ2v) is 7.92. The molecule has 1 unspecified atom stereocenters. The Labute approximate surface area is 185 Å². The maximum Gasteiger partial charge on any atom is 0.408 e. The fraction of sp³-hybridized carbons (Fsp3) is 0.550. The Kier molecular flexibility index (Phi) is 7.26. The van der Waals surface area contributed by atoms with Crippen molar-refractivity contribution in [1.29, 1.82) is 0 Å². The number of hydrogen-bond acceptors (Lipinski definition) is 8. The third-order valence-corrected chi connectivity index (χ3v) is 5.29. The highest BCUT2D eigenvalue weighted by Crippen LogP contribution is 2.29. The van der Waals surface area contributed by atoms with Crippen LogP contribution in [0.25, 0.3) is 0 Å². The maximum absolute atomic E-state index is 13.3. The number of nitrogens with zero attached hydrogens (tertiary/aromatic N) is 4. The van der Waals surface area contributed by atoms with Gasteiger partial charge < -0.3 is 25.8 Å². The van der Waals surface area contributed by atoms with Gasteiger partial charge in [0, 0.05) is 19.3 Å². The van der Waals surface area contributed by atoms with Crippen molar-refractivity contribution in [1.82, 2.24) is 20.1 Å². The van der Waals surface area contributed by atoms with Gasteiger partial charge in [0.2, 0.25) is 11.8 Å². The molecule has 0 bridgehead atoms. The standard InChI is InChI=1S/C20H28N6O6/c1-12(2)32-20(31)23-13-10-24(7-8-27)17-11-25(16-5-3-4-6-22-16)19(30)14(9-15(21)28)26(17)18(13)29/h3-6,12-14,17,27H,7-11H2,1-2H3,(H2,21,28)(H,23,31)/t13-,14-,17?/m0/s1. The van der Waals surface area contributed by atoms with E-state index in [1.165, 1.54) is 16.0 Å². The fourth-order valence-corrected chi connectivity index (χ4v) is 4.02. The van der Waals surface area contributed by atoms with Gasteiger partial charge in [-0.1, -0.05) is 6.07 Å². The molecule has 4 amide bonds. The first kappa shape index (κ1) is 23.4. The Bertz CT molecular complexity index is 865. The van der Waals surface area contributed by atoms with Gasteiger partial charge in [0.15, 0.2) is 0 Å². The van der Waals surface area contributed by atoms with Gasteiger partial charge in [-0.3, -0.25) is 24.2 Å². The molecule has 2 aliphatic heterocycles. The summed E-state index contributed by atoms with van der Waals surface area (Å²) >= 11 is 0. The lowest BCUT2D eigenvalue weighted by Crippen LogP contribution is -2.75. The number of piperazine rings is 1. The number of fused-ring (bicyclic) bond motifs is 1. The van der Waals surface area contributed by atoms with Crippen LogP contribution < -0.4 is 16.0 Å². The first-order valence-corrected chi connectivity index (χ1v) is 10.4. The number of carbonyl (C=O) groups excluding carboxylic acids is 4. The van der Waals surface area contributed by atoms with Crippen molar-refractivity contribution in [3.05, 3.63) is 24.4 Å². The first-order valence-electron chi connectivity index (χ1n) is 10.4. The van der Waals surface area contributed by atoms with Gasteiger partial charge >= 0.3 is 6.09 Å². The number of rotatable bonds is 7. The predicted octanol–water partition coefficient (Wildman–Crippen LogP) is -1.36. The van der Waals surface area contributed by atoms with E-state index in [4.69, 9.17) is 10.5 Å². The number of aliphatic hydroxyl groups excluding tert-OH is 1. The molecule has 2 aliphatic rings. The molecule has 0 aromatic carbocycles. The third kappa shape index (κ3) is 4.97. The molecule has 174 valence electrons. The highest BCUT2D eigenvalue weighted by Gasteiger charge is 2.51. The molecule has 12 heteroatoms. The molecule has 3 rings (SSSR count).